The van der Waals surface area contributed by atoms with Gasteiger partial charge in [0.25, 0.3) is 10.0 Å². The van der Waals surface area contributed by atoms with Crippen molar-refractivity contribution in [3.05, 3.63) is 53.1 Å². The molecule has 0 bridgehead atoms. The number of hydrogen-bond donors (Lipinski definition) is 3. The number of anilines is 2. The summed E-state index contributed by atoms with van der Waals surface area (Å²) in [7, 11) is -3.78. The minimum absolute atomic E-state index is 0.0655. The Morgan fingerprint density at radius 3 is 2.38 bits per heavy atom. The van der Waals surface area contributed by atoms with Crippen molar-refractivity contribution in [1.29, 1.82) is 0 Å². The number of amides is 2. The van der Waals surface area contributed by atoms with E-state index in [4.69, 9.17) is 11.6 Å². The minimum Gasteiger partial charge on any atom is -0.337 e. The molecular formula is C18H22ClN3O3S. The van der Waals surface area contributed by atoms with Crippen LogP contribution in [0.3, 0.4) is 0 Å². The third-order valence-electron chi connectivity index (χ3n) is 3.77. The Morgan fingerprint density at radius 2 is 1.73 bits per heavy atom. The van der Waals surface area contributed by atoms with Crippen LogP contribution in [0.2, 0.25) is 0 Å². The molecule has 2 aromatic rings. The quantitative estimate of drug-likeness (QED) is 0.650. The van der Waals surface area contributed by atoms with E-state index < -0.39 is 16.1 Å². The lowest BCUT2D eigenvalue weighted by molar-refractivity contribution is 0.252. The molecule has 0 fully saturated rings. The zero-order valence-electron chi connectivity index (χ0n) is 14.9. The summed E-state index contributed by atoms with van der Waals surface area (Å²) in [6, 6.07) is 9.62. The van der Waals surface area contributed by atoms with E-state index in [1.54, 1.807) is 19.1 Å². The zero-order chi connectivity index (χ0) is 19.3. The Bertz CT molecular complexity index is 914. The fourth-order valence-corrected chi connectivity index (χ4v) is 3.61. The summed E-state index contributed by atoms with van der Waals surface area (Å²) in [6.07, 6.45) is 0. The highest BCUT2D eigenvalue weighted by molar-refractivity contribution is 7.92. The summed E-state index contributed by atoms with van der Waals surface area (Å²) in [5, 5.41) is 5.21. The number of carbonyl (C=O) groups is 1. The van der Waals surface area contributed by atoms with Crippen molar-refractivity contribution < 1.29 is 13.2 Å². The summed E-state index contributed by atoms with van der Waals surface area (Å²) < 4.78 is 28.0. The Morgan fingerprint density at radius 1 is 1.00 bits per heavy atom. The van der Waals surface area contributed by atoms with E-state index >= 15 is 0 Å². The molecule has 0 atom stereocenters. The monoisotopic (exact) mass is 395 g/mol. The standard InChI is InChI=1S/C18H22ClN3O3S/c1-12-4-7-16(14(3)10-12)22-26(24,25)15-6-5-13(2)17(11-15)21-18(23)20-9-8-19/h4-7,10-11,22H,8-9H2,1-3H3,(H2,20,21,23). The maximum atomic E-state index is 12.7. The lowest BCUT2D eigenvalue weighted by atomic mass is 10.1. The van der Waals surface area contributed by atoms with Crippen LogP contribution in [0.4, 0.5) is 16.2 Å². The van der Waals surface area contributed by atoms with Crippen molar-refractivity contribution in [1.82, 2.24) is 5.32 Å². The highest BCUT2D eigenvalue weighted by Crippen LogP contribution is 2.24. The number of rotatable bonds is 6. The molecular weight excluding hydrogens is 374 g/mol. The van der Waals surface area contributed by atoms with Crippen molar-refractivity contribution >= 4 is 39.0 Å². The summed E-state index contributed by atoms with van der Waals surface area (Å²) >= 11 is 5.53. The van der Waals surface area contributed by atoms with Gasteiger partial charge in [-0.15, -0.1) is 11.6 Å². The largest absolute Gasteiger partial charge is 0.337 e. The SMILES string of the molecule is Cc1ccc(NS(=O)(=O)c2ccc(C)c(NC(=O)NCCCl)c2)c(C)c1. The van der Waals surface area contributed by atoms with E-state index in [0.717, 1.165) is 16.7 Å². The smallest absolute Gasteiger partial charge is 0.319 e. The molecule has 2 amide bonds. The molecule has 0 aromatic heterocycles. The van der Waals surface area contributed by atoms with Crippen molar-refractivity contribution in [2.45, 2.75) is 25.7 Å². The lowest BCUT2D eigenvalue weighted by Gasteiger charge is -2.14. The first kappa shape index (κ1) is 20.1. The molecule has 0 aliphatic rings. The highest BCUT2D eigenvalue weighted by Gasteiger charge is 2.17. The average molecular weight is 396 g/mol. The Labute approximate surface area is 159 Å². The fraction of sp³-hybridized carbons (Fsp3) is 0.278. The van der Waals surface area contributed by atoms with Crippen LogP contribution in [0.25, 0.3) is 0 Å². The Hall–Kier alpha value is -2.25. The predicted octanol–water partition coefficient (Wildman–Crippen LogP) is 3.77. The topological polar surface area (TPSA) is 87.3 Å². The third-order valence-corrected chi connectivity index (χ3v) is 5.33. The molecule has 0 saturated heterocycles. The van der Waals surface area contributed by atoms with Gasteiger partial charge in [-0.05, 0) is 50.1 Å². The highest BCUT2D eigenvalue weighted by atomic mass is 35.5. The molecule has 0 aliphatic carbocycles. The maximum Gasteiger partial charge on any atom is 0.319 e. The number of alkyl halides is 1. The van der Waals surface area contributed by atoms with Gasteiger partial charge in [0.15, 0.2) is 0 Å². The molecule has 2 aromatic carbocycles. The first-order valence-corrected chi connectivity index (χ1v) is 10.1. The van der Waals surface area contributed by atoms with Crippen molar-refractivity contribution in [3.63, 3.8) is 0 Å². The van der Waals surface area contributed by atoms with Crippen molar-refractivity contribution in [3.8, 4) is 0 Å². The number of urea groups is 1. The number of hydrogen-bond acceptors (Lipinski definition) is 3. The summed E-state index contributed by atoms with van der Waals surface area (Å²) in [6.45, 7) is 5.89. The second kappa shape index (κ2) is 8.42. The lowest BCUT2D eigenvalue weighted by Crippen LogP contribution is -2.30. The molecule has 0 heterocycles. The molecule has 0 unspecified atom stereocenters. The van der Waals surface area contributed by atoms with Crippen LogP contribution in [0, 0.1) is 20.8 Å². The molecule has 0 saturated carbocycles. The summed E-state index contributed by atoms with van der Waals surface area (Å²) in [5.41, 5.74) is 3.57. The number of carbonyl (C=O) groups excluding carboxylic acids is 1. The van der Waals surface area contributed by atoms with Crippen LogP contribution >= 0.6 is 11.6 Å². The van der Waals surface area contributed by atoms with Crippen LogP contribution in [-0.4, -0.2) is 26.9 Å². The molecule has 3 N–H and O–H groups in total. The molecule has 6 nitrogen and oxygen atoms in total. The maximum absolute atomic E-state index is 12.7. The minimum atomic E-state index is -3.78. The first-order chi connectivity index (χ1) is 12.2. The van der Waals surface area contributed by atoms with E-state index in [1.165, 1.54) is 12.1 Å². The van der Waals surface area contributed by atoms with Crippen LogP contribution in [0.15, 0.2) is 41.3 Å². The number of sulfonamides is 1. The Kier molecular flexibility index (Phi) is 6.50. The molecule has 0 aliphatic heterocycles. The van der Waals surface area contributed by atoms with Gasteiger partial charge in [-0.3, -0.25) is 4.72 Å². The van der Waals surface area contributed by atoms with Crippen LogP contribution in [0.5, 0.6) is 0 Å². The molecule has 0 radical (unpaired) electrons. The van der Waals surface area contributed by atoms with Crippen LogP contribution in [0.1, 0.15) is 16.7 Å². The fourth-order valence-electron chi connectivity index (χ4n) is 2.36. The van der Waals surface area contributed by atoms with Gasteiger partial charge in [-0.1, -0.05) is 23.8 Å². The number of aryl methyl sites for hydroxylation is 3. The van der Waals surface area contributed by atoms with E-state index in [-0.39, 0.29) is 4.90 Å². The second-order valence-corrected chi connectivity index (χ2v) is 8.03. The van der Waals surface area contributed by atoms with Gasteiger partial charge in [0.1, 0.15) is 0 Å². The third kappa shape index (κ3) is 5.12. The van der Waals surface area contributed by atoms with Crippen LogP contribution in [-0.2, 0) is 10.0 Å². The van der Waals surface area contributed by atoms with Gasteiger partial charge in [0.05, 0.1) is 10.6 Å². The Balaban J connectivity index is 2.26. The predicted molar refractivity (Wildman–Crippen MR) is 106 cm³/mol. The van der Waals surface area contributed by atoms with E-state index in [0.29, 0.717) is 23.8 Å². The van der Waals surface area contributed by atoms with Gasteiger partial charge in [0.2, 0.25) is 0 Å². The molecule has 0 spiro atoms. The number of benzene rings is 2. The molecule has 140 valence electrons. The van der Waals surface area contributed by atoms with Gasteiger partial charge in [-0.25, -0.2) is 13.2 Å². The van der Waals surface area contributed by atoms with Crippen molar-refractivity contribution in [2.75, 3.05) is 22.5 Å². The normalized spacial score (nSPS) is 11.1. The van der Waals surface area contributed by atoms with E-state index in [9.17, 15) is 13.2 Å². The molecule has 26 heavy (non-hydrogen) atoms. The van der Waals surface area contributed by atoms with Gasteiger partial charge in [-0.2, -0.15) is 0 Å². The van der Waals surface area contributed by atoms with Gasteiger partial charge in [0, 0.05) is 18.1 Å². The number of halogens is 1. The van der Waals surface area contributed by atoms with Gasteiger partial charge >= 0.3 is 6.03 Å². The number of nitrogens with one attached hydrogen (secondary N) is 3. The molecule has 2 rings (SSSR count). The van der Waals surface area contributed by atoms with E-state index in [1.807, 2.05) is 26.0 Å². The summed E-state index contributed by atoms with van der Waals surface area (Å²) in [5.74, 6) is 0.292. The van der Waals surface area contributed by atoms with Crippen molar-refractivity contribution in [2.24, 2.45) is 0 Å². The average Bonchev–Trinajstić information content (AvgIpc) is 2.57. The van der Waals surface area contributed by atoms with Crippen LogP contribution < -0.4 is 15.4 Å². The van der Waals surface area contributed by atoms with E-state index in [2.05, 4.69) is 15.4 Å². The van der Waals surface area contributed by atoms with Gasteiger partial charge < -0.3 is 10.6 Å². The molecule has 8 heteroatoms. The second-order valence-electron chi connectivity index (χ2n) is 5.97. The summed E-state index contributed by atoms with van der Waals surface area (Å²) in [4.78, 5) is 11.9. The first-order valence-electron chi connectivity index (χ1n) is 8.04. The zero-order valence-corrected chi connectivity index (χ0v) is 16.5.